The van der Waals surface area contributed by atoms with Gasteiger partial charge in [0.15, 0.2) is 0 Å². The van der Waals surface area contributed by atoms with Crippen molar-refractivity contribution >= 4 is 17.4 Å². The maximum absolute atomic E-state index is 5.56. The normalized spacial score (nSPS) is 15.4. The molecule has 0 spiro atoms. The Labute approximate surface area is 81.1 Å². The lowest BCUT2D eigenvalue weighted by Crippen LogP contribution is -2.24. The van der Waals surface area contributed by atoms with Crippen LogP contribution in [0.3, 0.4) is 0 Å². The van der Waals surface area contributed by atoms with Gasteiger partial charge in [-0.25, -0.2) is 0 Å². The Kier molecular flexibility index (Phi) is 2.06. The van der Waals surface area contributed by atoms with Gasteiger partial charge >= 0.3 is 6.02 Å². The Morgan fingerprint density at radius 2 is 1.79 bits per heavy atom. The molecule has 0 bridgehead atoms. The van der Waals surface area contributed by atoms with Gasteiger partial charge in [-0.1, -0.05) is 17.2 Å². The molecule has 14 heavy (non-hydrogen) atoms. The summed E-state index contributed by atoms with van der Waals surface area (Å²) in [5.74, 6) is 0. The van der Waals surface area contributed by atoms with E-state index in [0.29, 0.717) is 12.3 Å². The fraction of sp³-hybridized carbons (Fsp3) is 0.111. The van der Waals surface area contributed by atoms with Crippen LogP contribution in [0.2, 0.25) is 0 Å². The molecule has 1 aliphatic heterocycles. The number of nitrogens with two attached hydrogens (primary N) is 2. The number of amidine groups is 1. The van der Waals surface area contributed by atoms with E-state index in [1.54, 1.807) is 12.1 Å². The van der Waals surface area contributed by atoms with Crippen molar-refractivity contribution in [1.82, 2.24) is 0 Å². The van der Waals surface area contributed by atoms with E-state index in [0.717, 1.165) is 11.3 Å². The SMILES string of the molecule is NC1=NN=C(c2ccc(N)cc2)CO1. The first kappa shape index (κ1) is 8.55. The van der Waals surface area contributed by atoms with Crippen molar-refractivity contribution in [2.24, 2.45) is 15.9 Å². The van der Waals surface area contributed by atoms with Gasteiger partial charge in [-0.3, -0.25) is 0 Å². The summed E-state index contributed by atoms with van der Waals surface area (Å²) >= 11 is 0. The standard InChI is InChI=1S/C9H10N4O/c10-7-3-1-6(2-4-7)8-5-14-9(11)13-12-8/h1-4H,5,10H2,(H2,11,13). The molecule has 0 saturated carbocycles. The summed E-state index contributed by atoms with van der Waals surface area (Å²) in [6.45, 7) is 0.346. The van der Waals surface area contributed by atoms with E-state index in [9.17, 15) is 0 Å². The van der Waals surface area contributed by atoms with Gasteiger partial charge in [-0.05, 0) is 12.1 Å². The Morgan fingerprint density at radius 3 is 2.36 bits per heavy atom. The quantitative estimate of drug-likeness (QED) is 0.625. The number of nitrogen functional groups attached to an aromatic ring is 1. The van der Waals surface area contributed by atoms with Crippen LogP contribution in [-0.4, -0.2) is 18.3 Å². The van der Waals surface area contributed by atoms with Crippen LogP contribution in [0, 0.1) is 0 Å². The molecular weight excluding hydrogens is 180 g/mol. The molecule has 5 heteroatoms. The molecule has 0 amide bonds. The summed E-state index contributed by atoms with van der Waals surface area (Å²) in [6.07, 6.45) is 0. The van der Waals surface area contributed by atoms with Gasteiger partial charge in [0.2, 0.25) is 0 Å². The van der Waals surface area contributed by atoms with Gasteiger partial charge in [0.05, 0.1) is 0 Å². The van der Waals surface area contributed by atoms with E-state index in [1.165, 1.54) is 0 Å². The molecule has 72 valence electrons. The van der Waals surface area contributed by atoms with Gasteiger partial charge in [0, 0.05) is 11.3 Å². The van der Waals surface area contributed by atoms with Crippen molar-refractivity contribution < 1.29 is 4.74 Å². The monoisotopic (exact) mass is 190 g/mol. The third-order valence-corrected chi connectivity index (χ3v) is 1.87. The number of benzene rings is 1. The minimum Gasteiger partial charge on any atom is -0.458 e. The fourth-order valence-corrected chi connectivity index (χ4v) is 1.13. The molecule has 1 aromatic rings. The Hall–Kier alpha value is -2.04. The number of rotatable bonds is 1. The molecule has 2 rings (SSSR count). The lowest BCUT2D eigenvalue weighted by molar-refractivity contribution is 0.350. The topological polar surface area (TPSA) is 86.0 Å². The summed E-state index contributed by atoms with van der Waals surface area (Å²) in [4.78, 5) is 0. The van der Waals surface area contributed by atoms with Gasteiger partial charge in [0.25, 0.3) is 0 Å². The lowest BCUT2D eigenvalue weighted by atomic mass is 10.1. The second-order valence-electron chi connectivity index (χ2n) is 2.90. The van der Waals surface area contributed by atoms with Crippen molar-refractivity contribution in [3.8, 4) is 0 Å². The maximum Gasteiger partial charge on any atom is 0.306 e. The van der Waals surface area contributed by atoms with Crippen LogP contribution in [-0.2, 0) is 4.74 Å². The molecule has 0 aliphatic carbocycles. The molecule has 0 atom stereocenters. The van der Waals surface area contributed by atoms with Crippen molar-refractivity contribution in [3.05, 3.63) is 29.8 Å². The maximum atomic E-state index is 5.56. The predicted octanol–water partition coefficient (Wildman–Crippen LogP) is 0.318. The first-order valence-electron chi connectivity index (χ1n) is 4.14. The zero-order valence-corrected chi connectivity index (χ0v) is 7.47. The number of ether oxygens (including phenoxy) is 1. The average molecular weight is 190 g/mol. The molecule has 0 aromatic heterocycles. The van der Waals surface area contributed by atoms with Crippen LogP contribution in [0.25, 0.3) is 0 Å². The smallest absolute Gasteiger partial charge is 0.306 e. The summed E-state index contributed by atoms with van der Waals surface area (Å²) in [7, 11) is 0. The van der Waals surface area contributed by atoms with E-state index in [-0.39, 0.29) is 6.02 Å². The predicted molar refractivity (Wildman–Crippen MR) is 55.0 cm³/mol. The van der Waals surface area contributed by atoms with Crippen molar-refractivity contribution in [2.75, 3.05) is 12.3 Å². The van der Waals surface area contributed by atoms with E-state index in [4.69, 9.17) is 16.2 Å². The van der Waals surface area contributed by atoms with E-state index in [1.807, 2.05) is 12.1 Å². The molecule has 5 nitrogen and oxygen atoms in total. The molecule has 1 aliphatic rings. The van der Waals surface area contributed by atoms with E-state index < -0.39 is 0 Å². The Balaban J connectivity index is 2.28. The van der Waals surface area contributed by atoms with Crippen LogP contribution in [0.1, 0.15) is 5.56 Å². The molecule has 0 fully saturated rings. The first-order chi connectivity index (χ1) is 6.75. The highest BCUT2D eigenvalue weighted by Crippen LogP contribution is 2.09. The van der Waals surface area contributed by atoms with Gasteiger partial charge in [0.1, 0.15) is 12.3 Å². The zero-order chi connectivity index (χ0) is 9.97. The fourth-order valence-electron chi connectivity index (χ4n) is 1.13. The third-order valence-electron chi connectivity index (χ3n) is 1.87. The summed E-state index contributed by atoms with van der Waals surface area (Å²) in [5.41, 5.74) is 13.3. The van der Waals surface area contributed by atoms with Gasteiger partial charge in [-0.2, -0.15) is 0 Å². The van der Waals surface area contributed by atoms with Gasteiger partial charge in [-0.15, -0.1) is 5.10 Å². The first-order valence-corrected chi connectivity index (χ1v) is 4.14. The third kappa shape index (κ3) is 1.66. The van der Waals surface area contributed by atoms with Crippen LogP contribution >= 0.6 is 0 Å². The average Bonchev–Trinajstić information content (AvgIpc) is 2.21. The van der Waals surface area contributed by atoms with Gasteiger partial charge < -0.3 is 16.2 Å². The van der Waals surface area contributed by atoms with Crippen LogP contribution in [0.5, 0.6) is 0 Å². The number of hydrogen-bond donors (Lipinski definition) is 2. The zero-order valence-electron chi connectivity index (χ0n) is 7.47. The van der Waals surface area contributed by atoms with E-state index >= 15 is 0 Å². The van der Waals surface area contributed by atoms with Crippen LogP contribution in [0.4, 0.5) is 5.69 Å². The molecule has 0 radical (unpaired) electrons. The minimum atomic E-state index is 0.101. The summed E-state index contributed by atoms with van der Waals surface area (Å²) in [6, 6.07) is 7.45. The molecule has 4 N–H and O–H groups in total. The Morgan fingerprint density at radius 1 is 1.07 bits per heavy atom. The number of nitrogens with zero attached hydrogens (tertiary/aromatic N) is 2. The van der Waals surface area contributed by atoms with Crippen LogP contribution in [0.15, 0.2) is 34.5 Å². The van der Waals surface area contributed by atoms with Crippen LogP contribution < -0.4 is 11.5 Å². The van der Waals surface area contributed by atoms with Crippen molar-refractivity contribution in [2.45, 2.75) is 0 Å². The highest BCUT2D eigenvalue weighted by molar-refractivity contribution is 6.03. The lowest BCUT2D eigenvalue weighted by Gasteiger charge is -2.10. The minimum absolute atomic E-state index is 0.101. The largest absolute Gasteiger partial charge is 0.458 e. The van der Waals surface area contributed by atoms with E-state index in [2.05, 4.69) is 10.2 Å². The summed E-state index contributed by atoms with van der Waals surface area (Å²) < 4.78 is 5.04. The highest BCUT2D eigenvalue weighted by atomic mass is 16.5. The molecule has 0 saturated heterocycles. The second-order valence-corrected chi connectivity index (χ2v) is 2.90. The highest BCUT2D eigenvalue weighted by Gasteiger charge is 2.09. The number of hydrogen-bond acceptors (Lipinski definition) is 5. The molecule has 0 unspecified atom stereocenters. The molecular formula is C9H10N4O. The van der Waals surface area contributed by atoms with Crippen molar-refractivity contribution in [1.29, 1.82) is 0 Å². The Bertz CT molecular complexity index is 394. The second kappa shape index (κ2) is 3.37. The molecule has 1 aromatic carbocycles. The number of anilines is 1. The molecule has 1 heterocycles. The summed E-state index contributed by atoms with van der Waals surface area (Å²) in [5, 5.41) is 7.56. The van der Waals surface area contributed by atoms with Crippen molar-refractivity contribution in [3.63, 3.8) is 0 Å².